The van der Waals surface area contributed by atoms with Crippen LogP contribution in [0.1, 0.15) is 47.8 Å². The standard InChI is InChI=1S/C14H14N2O3/c17-14(18)11-8-4-3-7-10(11)13-16-15-12(19-13)9-5-1-2-6-9/h3-4,7-9H,1-2,5-6H2,(H,17,18). The van der Waals surface area contributed by atoms with E-state index in [0.29, 0.717) is 23.3 Å². The van der Waals surface area contributed by atoms with Crippen molar-refractivity contribution in [2.75, 3.05) is 0 Å². The van der Waals surface area contributed by atoms with Crippen LogP contribution >= 0.6 is 0 Å². The van der Waals surface area contributed by atoms with Crippen LogP contribution in [0.4, 0.5) is 0 Å². The fourth-order valence-electron chi connectivity index (χ4n) is 2.54. The predicted molar refractivity (Wildman–Crippen MR) is 67.9 cm³/mol. The molecule has 0 aliphatic heterocycles. The first kappa shape index (κ1) is 11.9. The Labute approximate surface area is 110 Å². The summed E-state index contributed by atoms with van der Waals surface area (Å²) in [7, 11) is 0. The van der Waals surface area contributed by atoms with Gasteiger partial charge >= 0.3 is 5.97 Å². The average Bonchev–Trinajstić information content (AvgIpc) is 3.09. The average molecular weight is 258 g/mol. The molecule has 0 radical (unpaired) electrons. The number of hydrogen-bond donors (Lipinski definition) is 1. The van der Waals surface area contributed by atoms with Crippen LogP contribution in [0.2, 0.25) is 0 Å². The molecule has 5 nitrogen and oxygen atoms in total. The molecule has 0 saturated heterocycles. The Morgan fingerprint density at radius 3 is 2.68 bits per heavy atom. The number of carboxylic acids is 1. The van der Waals surface area contributed by atoms with E-state index in [0.717, 1.165) is 12.8 Å². The largest absolute Gasteiger partial charge is 0.478 e. The number of rotatable bonds is 3. The second kappa shape index (κ2) is 4.84. The first-order valence-corrected chi connectivity index (χ1v) is 6.42. The highest BCUT2D eigenvalue weighted by Gasteiger charge is 2.24. The summed E-state index contributed by atoms with van der Waals surface area (Å²) in [5, 5.41) is 17.2. The number of aromatic carboxylic acids is 1. The van der Waals surface area contributed by atoms with Crippen LogP contribution in [-0.4, -0.2) is 21.3 Å². The fourth-order valence-corrected chi connectivity index (χ4v) is 2.54. The van der Waals surface area contributed by atoms with Crippen LogP contribution in [0.15, 0.2) is 28.7 Å². The molecule has 3 rings (SSSR count). The summed E-state index contributed by atoms with van der Waals surface area (Å²) in [4.78, 5) is 11.2. The highest BCUT2D eigenvalue weighted by atomic mass is 16.4. The summed E-state index contributed by atoms with van der Waals surface area (Å²) < 4.78 is 5.66. The first-order chi connectivity index (χ1) is 9.25. The van der Waals surface area contributed by atoms with Gasteiger partial charge < -0.3 is 9.52 Å². The molecule has 1 aromatic carbocycles. The zero-order valence-corrected chi connectivity index (χ0v) is 10.4. The molecule has 0 bridgehead atoms. The maximum absolute atomic E-state index is 11.2. The topological polar surface area (TPSA) is 76.2 Å². The molecule has 1 aromatic heterocycles. The lowest BCUT2D eigenvalue weighted by molar-refractivity contribution is 0.0697. The normalized spacial score (nSPS) is 15.8. The smallest absolute Gasteiger partial charge is 0.336 e. The Balaban J connectivity index is 1.96. The van der Waals surface area contributed by atoms with Crippen molar-refractivity contribution in [3.8, 4) is 11.5 Å². The molecule has 1 fully saturated rings. The maximum atomic E-state index is 11.2. The third kappa shape index (κ3) is 2.23. The van der Waals surface area contributed by atoms with Crippen LogP contribution in [0.5, 0.6) is 0 Å². The highest BCUT2D eigenvalue weighted by molar-refractivity contribution is 5.94. The van der Waals surface area contributed by atoms with Gasteiger partial charge in [-0.25, -0.2) is 4.79 Å². The zero-order valence-electron chi connectivity index (χ0n) is 10.4. The van der Waals surface area contributed by atoms with Gasteiger partial charge in [0.05, 0.1) is 11.1 Å². The molecule has 1 N–H and O–H groups in total. The van der Waals surface area contributed by atoms with Crippen LogP contribution in [0.3, 0.4) is 0 Å². The van der Waals surface area contributed by atoms with E-state index in [9.17, 15) is 4.79 Å². The van der Waals surface area contributed by atoms with Gasteiger partial charge in [-0.15, -0.1) is 10.2 Å². The Bertz CT molecular complexity index is 600. The van der Waals surface area contributed by atoms with Crippen molar-refractivity contribution in [2.24, 2.45) is 0 Å². The van der Waals surface area contributed by atoms with Crippen molar-refractivity contribution in [2.45, 2.75) is 31.6 Å². The number of carbonyl (C=O) groups is 1. The molecule has 98 valence electrons. The minimum atomic E-state index is -0.990. The Morgan fingerprint density at radius 2 is 1.95 bits per heavy atom. The number of nitrogens with zero attached hydrogens (tertiary/aromatic N) is 2. The summed E-state index contributed by atoms with van der Waals surface area (Å²) in [6.45, 7) is 0. The fraction of sp³-hybridized carbons (Fsp3) is 0.357. The quantitative estimate of drug-likeness (QED) is 0.915. The van der Waals surface area contributed by atoms with Gasteiger partial charge in [0, 0.05) is 5.92 Å². The van der Waals surface area contributed by atoms with Crippen molar-refractivity contribution in [3.05, 3.63) is 35.7 Å². The summed E-state index contributed by atoms with van der Waals surface area (Å²) in [5.41, 5.74) is 0.663. The van der Waals surface area contributed by atoms with Crippen LogP contribution < -0.4 is 0 Å². The first-order valence-electron chi connectivity index (χ1n) is 6.42. The maximum Gasteiger partial charge on any atom is 0.336 e. The minimum absolute atomic E-state index is 0.184. The van der Waals surface area contributed by atoms with Gasteiger partial charge in [0.15, 0.2) is 0 Å². The molecule has 0 unspecified atom stereocenters. The van der Waals surface area contributed by atoms with Gasteiger partial charge in [-0.2, -0.15) is 0 Å². The summed E-state index contributed by atoms with van der Waals surface area (Å²) in [5.74, 6) is 0.266. The van der Waals surface area contributed by atoms with Crippen molar-refractivity contribution in [1.29, 1.82) is 0 Å². The van der Waals surface area contributed by atoms with Gasteiger partial charge in [-0.05, 0) is 25.0 Å². The van der Waals surface area contributed by atoms with E-state index >= 15 is 0 Å². The van der Waals surface area contributed by atoms with E-state index in [2.05, 4.69) is 10.2 Å². The summed E-state index contributed by atoms with van der Waals surface area (Å²) in [6, 6.07) is 6.68. The molecule has 1 heterocycles. The number of carboxylic acid groups (broad SMARTS) is 1. The van der Waals surface area contributed by atoms with E-state index < -0.39 is 5.97 Å². The Morgan fingerprint density at radius 1 is 1.21 bits per heavy atom. The third-order valence-electron chi connectivity index (χ3n) is 3.53. The van der Waals surface area contributed by atoms with E-state index in [4.69, 9.17) is 9.52 Å². The van der Waals surface area contributed by atoms with Crippen molar-refractivity contribution < 1.29 is 14.3 Å². The molecular weight excluding hydrogens is 244 g/mol. The third-order valence-corrected chi connectivity index (χ3v) is 3.53. The van der Waals surface area contributed by atoms with E-state index in [1.54, 1.807) is 18.2 Å². The van der Waals surface area contributed by atoms with E-state index in [1.807, 2.05) is 0 Å². The van der Waals surface area contributed by atoms with Gasteiger partial charge in [0.25, 0.3) is 0 Å². The van der Waals surface area contributed by atoms with Crippen LogP contribution in [0, 0.1) is 0 Å². The minimum Gasteiger partial charge on any atom is -0.478 e. The summed E-state index contributed by atoms with van der Waals surface area (Å²) in [6.07, 6.45) is 4.52. The second-order valence-electron chi connectivity index (χ2n) is 4.78. The highest BCUT2D eigenvalue weighted by Crippen LogP contribution is 2.34. The Kier molecular flexibility index (Phi) is 3.03. The van der Waals surface area contributed by atoms with E-state index in [1.165, 1.54) is 18.9 Å². The lowest BCUT2D eigenvalue weighted by Crippen LogP contribution is -1.99. The number of aromatic nitrogens is 2. The molecule has 0 atom stereocenters. The molecule has 1 saturated carbocycles. The van der Waals surface area contributed by atoms with E-state index in [-0.39, 0.29) is 5.56 Å². The van der Waals surface area contributed by atoms with Gasteiger partial charge in [-0.3, -0.25) is 0 Å². The van der Waals surface area contributed by atoms with Crippen molar-refractivity contribution in [1.82, 2.24) is 10.2 Å². The molecule has 0 spiro atoms. The monoisotopic (exact) mass is 258 g/mol. The molecule has 0 amide bonds. The molecule has 2 aromatic rings. The SMILES string of the molecule is O=C(O)c1ccccc1-c1nnc(C2CCCC2)o1. The second-order valence-corrected chi connectivity index (χ2v) is 4.78. The molecule has 5 heteroatoms. The van der Waals surface area contributed by atoms with Crippen LogP contribution in [0.25, 0.3) is 11.5 Å². The molecule has 19 heavy (non-hydrogen) atoms. The zero-order chi connectivity index (χ0) is 13.2. The van der Waals surface area contributed by atoms with Crippen LogP contribution in [-0.2, 0) is 0 Å². The van der Waals surface area contributed by atoms with Crippen molar-refractivity contribution in [3.63, 3.8) is 0 Å². The van der Waals surface area contributed by atoms with Gasteiger partial charge in [-0.1, -0.05) is 25.0 Å². The van der Waals surface area contributed by atoms with Gasteiger partial charge in [0.1, 0.15) is 0 Å². The predicted octanol–water partition coefficient (Wildman–Crippen LogP) is 3.09. The molecular formula is C14H14N2O3. The lowest BCUT2D eigenvalue weighted by atomic mass is 10.1. The molecule has 1 aliphatic rings. The lowest BCUT2D eigenvalue weighted by Gasteiger charge is -2.02. The Hall–Kier alpha value is -2.17. The molecule has 1 aliphatic carbocycles. The van der Waals surface area contributed by atoms with Crippen molar-refractivity contribution >= 4 is 5.97 Å². The summed E-state index contributed by atoms with van der Waals surface area (Å²) >= 11 is 0. The number of benzene rings is 1. The van der Waals surface area contributed by atoms with Gasteiger partial charge in [0.2, 0.25) is 11.8 Å². The number of hydrogen-bond acceptors (Lipinski definition) is 4.